The number of thiocarbonyl (C=S) groups is 1. The third kappa shape index (κ3) is 8.47. The molecule has 178 valence electrons. The summed E-state index contributed by atoms with van der Waals surface area (Å²) in [6, 6.07) is 23.1. The van der Waals surface area contributed by atoms with Crippen LogP contribution in [0.15, 0.2) is 77.3 Å². The summed E-state index contributed by atoms with van der Waals surface area (Å²) in [5, 5.41) is 5.96. The Labute approximate surface area is 215 Å². The molecule has 0 unspecified atom stereocenters. The lowest BCUT2D eigenvalue weighted by atomic mass is 10.1. The minimum atomic E-state index is -0.304. The van der Waals surface area contributed by atoms with Crippen molar-refractivity contribution in [2.45, 2.75) is 26.7 Å². The molecule has 0 saturated heterocycles. The van der Waals surface area contributed by atoms with Gasteiger partial charge >= 0.3 is 0 Å². The normalized spacial score (nSPS) is 10.6. The van der Waals surface area contributed by atoms with E-state index in [-0.39, 0.29) is 11.0 Å². The fourth-order valence-electron chi connectivity index (χ4n) is 3.13. The smallest absolute Gasteiger partial charge is 0.257 e. The van der Waals surface area contributed by atoms with E-state index < -0.39 is 0 Å². The standard InChI is InChI=1S/C27H29BrN2O3S/c1-19(2)18-33-25-14-13-21(16-24(25)28)26(31)30-27(34)29-22-11-6-12-23(17-22)32-15-7-10-20-8-4-3-5-9-20/h3-6,8-9,11-14,16-17,19H,7,10,15,18H2,1-2H3,(H2,29,30,31,34). The quantitative estimate of drug-likeness (QED) is 0.223. The van der Waals surface area contributed by atoms with Gasteiger partial charge in [0.15, 0.2) is 5.11 Å². The van der Waals surface area contributed by atoms with Gasteiger partial charge in [-0.15, -0.1) is 0 Å². The van der Waals surface area contributed by atoms with Crippen molar-refractivity contribution in [3.63, 3.8) is 0 Å². The van der Waals surface area contributed by atoms with Gasteiger partial charge < -0.3 is 14.8 Å². The SMILES string of the molecule is CC(C)COc1ccc(C(=O)NC(=S)Nc2cccc(OCCCc3ccccc3)c2)cc1Br. The highest BCUT2D eigenvalue weighted by Gasteiger charge is 2.12. The van der Waals surface area contributed by atoms with Crippen molar-refractivity contribution >= 4 is 44.9 Å². The minimum absolute atomic E-state index is 0.211. The van der Waals surface area contributed by atoms with E-state index in [9.17, 15) is 4.79 Å². The van der Waals surface area contributed by atoms with Gasteiger partial charge in [-0.25, -0.2) is 0 Å². The highest BCUT2D eigenvalue weighted by molar-refractivity contribution is 9.10. The molecule has 2 N–H and O–H groups in total. The number of nitrogens with one attached hydrogen (secondary N) is 2. The molecule has 0 aromatic heterocycles. The maximum atomic E-state index is 12.6. The van der Waals surface area contributed by atoms with Crippen LogP contribution in [0.4, 0.5) is 5.69 Å². The molecule has 3 aromatic carbocycles. The Morgan fingerprint density at radius 2 is 1.79 bits per heavy atom. The Morgan fingerprint density at radius 3 is 2.53 bits per heavy atom. The van der Waals surface area contributed by atoms with Crippen LogP contribution in [0.25, 0.3) is 0 Å². The molecule has 0 bridgehead atoms. The first-order valence-electron chi connectivity index (χ1n) is 11.2. The minimum Gasteiger partial charge on any atom is -0.494 e. The van der Waals surface area contributed by atoms with Crippen LogP contribution >= 0.6 is 28.1 Å². The summed E-state index contributed by atoms with van der Waals surface area (Å²) in [5.41, 5.74) is 2.51. The lowest BCUT2D eigenvalue weighted by Gasteiger charge is -2.13. The first-order chi connectivity index (χ1) is 16.4. The number of hydrogen-bond acceptors (Lipinski definition) is 4. The highest BCUT2D eigenvalue weighted by atomic mass is 79.9. The number of hydrogen-bond donors (Lipinski definition) is 2. The van der Waals surface area contributed by atoms with Crippen LogP contribution in [-0.2, 0) is 6.42 Å². The van der Waals surface area contributed by atoms with E-state index in [1.807, 2.05) is 42.5 Å². The van der Waals surface area contributed by atoms with Crippen molar-refractivity contribution in [1.29, 1.82) is 0 Å². The summed E-state index contributed by atoms with van der Waals surface area (Å²) < 4.78 is 12.3. The number of halogens is 1. The summed E-state index contributed by atoms with van der Waals surface area (Å²) in [5.74, 6) is 1.55. The van der Waals surface area contributed by atoms with Crippen molar-refractivity contribution in [3.8, 4) is 11.5 Å². The molecule has 0 fully saturated rings. The zero-order valence-electron chi connectivity index (χ0n) is 19.3. The Hall–Kier alpha value is -2.90. The number of amides is 1. The molecule has 3 aromatic rings. The number of aryl methyl sites for hydroxylation is 1. The number of carbonyl (C=O) groups is 1. The predicted octanol–water partition coefficient (Wildman–Crippen LogP) is 6.62. The van der Waals surface area contributed by atoms with Gasteiger partial charge in [0, 0.05) is 17.3 Å². The maximum Gasteiger partial charge on any atom is 0.257 e. The second-order valence-electron chi connectivity index (χ2n) is 8.22. The van der Waals surface area contributed by atoms with Gasteiger partial charge in [0.1, 0.15) is 11.5 Å². The van der Waals surface area contributed by atoms with Crippen molar-refractivity contribution in [1.82, 2.24) is 5.32 Å². The molecule has 0 radical (unpaired) electrons. The van der Waals surface area contributed by atoms with E-state index in [1.54, 1.807) is 18.2 Å². The van der Waals surface area contributed by atoms with E-state index in [4.69, 9.17) is 21.7 Å². The van der Waals surface area contributed by atoms with Crippen LogP contribution in [-0.4, -0.2) is 24.2 Å². The van der Waals surface area contributed by atoms with Crippen molar-refractivity contribution < 1.29 is 14.3 Å². The summed E-state index contributed by atoms with van der Waals surface area (Å²) >= 11 is 8.79. The molecule has 0 saturated carbocycles. The Balaban J connectivity index is 1.47. The van der Waals surface area contributed by atoms with Crippen LogP contribution in [0.2, 0.25) is 0 Å². The summed E-state index contributed by atoms with van der Waals surface area (Å²) in [6.07, 6.45) is 1.89. The van der Waals surface area contributed by atoms with Gasteiger partial charge in [0.05, 0.1) is 17.7 Å². The Bertz CT molecular complexity index is 1110. The Kier molecular flexibility index (Phi) is 9.91. The molecule has 5 nitrogen and oxygen atoms in total. The zero-order valence-corrected chi connectivity index (χ0v) is 21.7. The van der Waals surface area contributed by atoms with Gasteiger partial charge in [-0.1, -0.05) is 50.2 Å². The van der Waals surface area contributed by atoms with Gasteiger partial charge in [0.2, 0.25) is 0 Å². The number of anilines is 1. The van der Waals surface area contributed by atoms with Crippen LogP contribution in [0.5, 0.6) is 11.5 Å². The molecule has 0 aliphatic carbocycles. The van der Waals surface area contributed by atoms with E-state index in [1.165, 1.54) is 5.56 Å². The first kappa shape index (κ1) is 25.7. The molecule has 0 aliphatic rings. The molecule has 3 rings (SSSR count). The van der Waals surface area contributed by atoms with E-state index in [0.717, 1.165) is 28.8 Å². The number of ether oxygens (including phenoxy) is 2. The van der Waals surface area contributed by atoms with E-state index in [0.29, 0.717) is 30.4 Å². The molecule has 34 heavy (non-hydrogen) atoms. The first-order valence-corrected chi connectivity index (χ1v) is 12.4. The Morgan fingerprint density at radius 1 is 1.00 bits per heavy atom. The lowest BCUT2D eigenvalue weighted by molar-refractivity contribution is 0.0977. The summed E-state index contributed by atoms with van der Waals surface area (Å²) in [7, 11) is 0. The predicted molar refractivity (Wildman–Crippen MR) is 145 cm³/mol. The fraction of sp³-hybridized carbons (Fsp3) is 0.259. The monoisotopic (exact) mass is 540 g/mol. The zero-order chi connectivity index (χ0) is 24.3. The van der Waals surface area contributed by atoms with Crippen LogP contribution in [0.1, 0.15) is 36.2 Å². The van der Waals surface area contributed by atoms with E-state index in [2.05, 4.69) is 52.5 Å². The van der Waals surface area contributed by atoms with Gasteiger partial charge in [0.25, 0.3) is 5.91 Å². The maximum absolute atomic E-state index is 12.6. The van der Waals surface area contributed by atoms with Crippen LogP contribution in [0, 0.1) is 5.92 Å². The molecule has 0 heterocycles. The van der Waals surface area contributed by atoms with Gasteiger partial charge in [-0.2, -0.15) is 0 Å². The van der Waals surface area contributed by atoms with Crippen molar-refractivity contribution in [2.24, 2.45) is 5.92 Å². The molecular weight excluding hydrogens is 512 g/mol. The van der Waals surface area contributed by atoms with Gasteiger partial charge in [-0.05, 0) is 82.8 Å². The number of carbonyl (C=O) groups excluding carboxylic acids is 1. The topological polar surface area (TPSA) is 59.6 Å². The summed E-state index contributed by atoms with van der Waals surface area (Å²) in [6.45, 7) is 5.38. The summed E-state index contributed by atoms with van der Waals surface area (Å²) in [4.78, 5) is 12.6. The molecular formula is C27H29BrN2O3S. The highest BCUT2D eigenvalue weighted by Crippen LogP contribution is 2.26. The second kappa shape index (κ2) is 13.1. The van der Waals surface area contributed by atoms with Crippen molar-refractivity contribution in [3.05, 3.63) is 88.4 Å². The third-order valence-corrected chi connectivity index (χ3v) is 5.63. The largest absolute Gasteiger partial charge is 0.494 e. The lowest BCUT2D eigenvalue weighted by Crippen LogP contribution is -2.34. The number of benzene rings is 3. The molecule has 0 aliphatic heterocycles. The molecule has 0 atom stereocenters. The average molecular weight is 542 g/mol. The number of rotatable bonds is 10. The molecule has 7 heteroatoms. The van der Waals surface area contributed by atoms with Gasteiger partial charge in [-0.3, -0.25) is 10.1 Å². The van der Waals surface area contributed by atoms with E-state index >= 15 is 0 Å². The third-order valence-electron chi connectivity index (χ3n) is 4.81. The molecule has 1 amide bonds. The fourth-order valence-corrected chi connectivity index (χ4v) is 3.83. The second-order valence-corrected chi connectivity index (χ2v) is 9.49. The van der Waals surface area contributed by atoms with Crippen molar-refractivity contribution in [2.75, 3.05) is 18.5 Å². The average Bonchev–Trinajstić information content (AvgIpc) is 2.81. The van der Waals surface area contributed by atoms with Crippen LogP contribution < -0.4 is 20.1 Å². The van der Waals surface area contributed by atoms with Crippen LogP contribution in [0.3, 0.4) is 0 Å². The molecule has 0 spiro atoms.